The molecule has 1 N–H and O–H groups in total. The molecule has 136 valence electrons. The highest BCUT2D eigenvalue weighted by Gasteiger charge is 2.29. The van der Waals surface area contributed by atoms with Crippen molar-refractivity contribution in [2.45, 2.75) is 23.4 Å². The summed E-state index contributed by atoms with van der Waals surface area (Å²) >= 11 is 1.06. The maximum absolute atomic E-state index is 12.2. The van der Waals surface area contributed by atoms with Gasteiger partial charge in [-0.1, -0.05) is 30.0 Å². The number of thioether (sulfide) groups is 1. The molecule has 10 heteroatoms. The Balaban J connectivity index is 1.81. The molecule has 0 saturated carbocycles. The molecule has 0 spiro atoms. The molecule has 1 amide bonds. The summed E-state index contributed by atoms with van der Waals surface area (Å²) in [5, 5.41) is 6.52. The minimum atomic E-state index is -4.45. The van der Waals surface area contributed by atoms with Gasteiger partial charge in [-0.05, 0) is 19.1 Å². The zero-order chi connectivity index (χ0) is 18.7. The Morgan fingerprint density at radius 1 is 1.27 bits per heavy atom. The molecule has 0 saturated heterocycles. The molecule has 6 nitrogen and oxygen atoms in total. The van der Waals surface area contributed by atoms with E-state index in [1.807, 2.05) is 35.6 Å². The van der Waals surface area contributed by atoms with E-state index >= 15 is 0 Å². The van der Waals surface area contributed by atoms with E-state index in [1.54, 1.807) is 10.9 Å². The lowest BCUT2D eigenvalue weighted by Crippen LogP contribution is -2.38. The van der Waals surface area contributed by atoms with E-state index in [1.165, 1.54) is 13.3 Å². The van der Waals surface area contributed by atoms with Crippen molar-refractivity contribution in [1.29, 1.82) is 0 Å². The molecule has 0 radical (unpaired) electrons. The maximum atomic E-state index is 12.2. The summed E-state index contributed by atoms with van der Waals surface area (Å²) in [6, 6.07) is 9.36. The number of hydrogen-bond donors (Lipinski definition) is 1. The topological polar surface area (TPSA) is 72.7 Å². The second kappa shape index (κ2) is 7.32. The van der Waals surface area contributed by atoms with Gasteiger partial charge < -0.3 is 5.32 Å². The molecule has 26 heavy (non-hydrogen) atoms. The third-order valence-electron chi connectivity index (χ3n) is 3.45. The first-order valence-corrected chi connectivity index (χ1v) is 8.48. The Morgan fingerprint density at radius 2 is 2.00 bits per heavy atom. The smallest absolute Gasteiger partial charge is 0.346 e. The molecule has 1 aromatic carbocycles. The van der Waals surface area contributed by atoms with Crippen LogP contribution in [-0.2, 0) is 4.79 Å². The SMILES string of the molecule is CC(Sc1ncnc2c1cnn2-c1ccccc1)C(=O)NCC(F)(F)F. The highest BCUT2D eigenvalue weighted by molar-refractivity contribution is 8.00. The molecular weight excluding hydrogens is 367 g/mol. The van der Waals surface area contributed by atoms with Crippen molar-refractivity contribution >= 4 is 28.7 Å². The quantitative estimate of drug-likeness (QED) is 0.543. The maximum Gasteiger partial charge on any atom is 0.405 e. The van der Waals surface area contributed by atoms with Gasteiger partial charge in [0.15, 0.2) is 5.65 Å². The van der Waals surface area contributed by atoms with E-state index in [0.717, 1.165) is 17.4 Å². The number of halogens is 3. The zero-order valence-electron chi connectivity index (χ0n) is 13.6. The van der Waals surface area contributed by atoms with E-state index in [9.17, 15) is 18.0 Å². The van der Waals surface area contributed by atoms with Gasteiger partial charge in [-0.2, -0.15) is 18.3 Å². The minimum Gasteiger partial charge on any atom is -0.346 e. The van der Waals surface area contributed by atoms with Crippen molar-refractivity contribution < 1.29 is 18.0 Å². The molecule has 0 aliphatic rings. The lowest BCUT2D eigenvalue weighted by molar-refractivity contribution is -0.137. The average Bonchev–Trinajstić information content (AvgIpc) is 3.05. The molecule has 3 rings (SSSR count). The van der Waals surface area contributed by atoms with Crippen LogP contribution in [0, 0.1) is 0 Å². The van der Waals surface area contributed by atoms with E-state index in [2.05, 4.69) is 15.1 Å². The van der Waals surface area contributed by atoms with Gasteiger partial charge in [-0.3, -0.25) is 4.79 Å². The van der Waals surface area contributed by atoms with Crippen LogP contribution in [0.4, 0.5) is 13.2 Å². The van der Waals surface area contributed by atoms with Crippen LogP contribution in [-0.4, -0.2) is 43.6 Å². The molecular formula is C16H14F3N5OS. The van der Waals surface area contributed by atoms with Crippen LogP contribution >= 0.6 is 11.8 Å². The fourth-order valence-corrected chi connectivity index (χ4v) is 3.13. The van der Waals surface area contributed by atoms with Crippen LogP contribution in [0.2, 0.25) is 0 Å². The Hall–Kier alpha value is -2.62. The van der Waals surface area contributed by atoms with Crippen molar-refractivity contribution in [3.8, 4) is 5.69 Å². The highest BCUT2D eigenvalue weighted by Crippen LogP contribution is 2.29. The van der Waals surface area contributed by atoms with Gasteiger partial charge in [-0.15, -0.1) is 0 Å². The number of alkyl halides is 3. The van der Waals surface area contributed by atoms with Gasteiger partial charge in [0.05, 0.1) is 22.5 Å². The molecule has 1 unspecified atom stereocenters. The van der Waals surface area contributed by atoms with Gasteiger partial charge >= 0.3 is 6.18 Å². The zero-order valence-corrected chi connectivity index (χ0v) is 14.4. The first-order chi connectivity index (χ1) is 12.3. The number of carbonyl (C=O) groups is 1. The highest BCUT2D eigenvalue weighted by atomic mass is 32.2. The van der Waals surface area contributed by atoms with Crippen molar-refractivity contribution in [1.82, 2.24) is 25.1 Å². The molecule has 0 aliphatic heterocycles. The van der Waals surface area contributed by atoms with E-state index < -0.39 is 23.9 Å². The predicted octanol–water partition coefficient (Wildman–Crippen LogP) is 2.97. The van der Waals surface area contributed by atoms with Crippen LogP contribution in [0.5, 0.6) is 0 Å². The number of aromatic nitrogens is 4. The number of fused-ring (bicyclic) bond motifs is 1. The Bertz CT molecular complexity index is 913. The first kappa shape index (κ1) is 18.2. The fourth-order valence-electron chi connectivity index (χ4n) is 2.23. The average molecular weight is 381 g/mol. The van der Waals surface area contributed by atoms with Crippen molar-refractivity contribution in [3.63, 3.8) is 0 Å². The van der Waals surface area contributed by atoms with Crippen LogP contribution in [0.25, 0.3) is 16.7 Å². The first-order valence-electron chi connectivity index (χ1n) is 7.60. The van der Waals surface area contributed by atoms with Crippen LogP contribution in [0.3, 0.4) is 0 Å². The molecule has 1 atom stereocenters. The van der Waals surface area contributed by atoms with E-state index in [4.69, 9.17) is 0 Å². The molecule has 0 aliphatic carbocycles. The predicted molar refractivity (Wildman–Crippen MR) is 91.0 cm³/mol. The molecule has 2 aromatic heterocycles. The van der Waals surface area contributed by atoms with Crippen molar-refractivity contribution in [3.05, 3.63) is 42.9 Å². The second-order valence-corrected chi connectivity index (χ2v) is 6.73. The standard InChI is InChI=1S/C16H14F3N5OS/c1-10(14(25)20-8-16(17,18)19)26-15-12-7-23-24(13(12)21-9-22-15)11-5-3-2-4-6-11/h2-7,9-10H,8H2,1H3,(H,20,25). The van der Waals surface area contributed by atoms with Crippen LogP contribution in [0.15, 0.2) is 47.9 Å². The summed E-state index contributed by atoms with van der Waals surface area (Å²) in [6.07, 6.45) is -1.53. The molecule has 2 heterocycles. The number of hydrogen-bond acceptors (Lipinski definition) is 5. The molecule has 0 fully saturated rings. The van der Waals surface area contributed by atoms with Gasteiger partial charge in [-0.25, -0.2) is 14.6 Å². The van der Waals surface area contributed by atoms with Crippen LogP contribution < -0.4 is 5.32 Å². The Morgan fingerprint density at radius 3 is 2.69 bits per heavy atom. The number of para-hydroxylation sites is 1. The third-order valence-corrected chi connectivity index (χ3v) is 4.57. The summed E-state index contributed by atoms with van der Waals surface area (Å²) in [7, 11) is 0. The summed E-state index contributed by atoms with van der Waals surface area (Å²) in [5.74, 6) is -0.713. The fraction of sp³-hybridized carbons (Fsp3) is 0.250. The van der Waals surface area contributed by atoms with Crippen molar-refractivity contribution in [2.24, 2.45) is 0 Å². The largest absolute Gasteiger partial charge is 0.405 e. The summed E-state index contributed by atoms with van der Waals surface area (Å²) in [4.78, 5) is 20.2. The number of carbonyl (C=O) groups excluding carboxylic acids is 1. The lowest BCUT2D eigenvalue weighted by atomic mass is 10.3. The number of benzene rings is 1. The van der Waals surface area contributed by atoms with Gasteiger partial charge in [0.2, 0.25) is 5.91 Å². The van der Waals surface area contributed by atoms with E-state index in [0.29, 0.717) is 16.1 Å². The van der Waals surface area contributed by atoms with Gasteiger partial charge in [0, 0.05) is 0 Å². The van der Waals surface area contributed by atoms with Crippen LogP contribution in [0.1, 0.15) is 6.92 Å². The Kier molecular flexibility index (Phi) is 5.12. The second-order valence-electron chi connectivity index (χ2n) is 5.40. The van der Waals surface area contributed by atoms with Gasteiger partial charge in [0.25, 0.3) is 0 Å². The number of nitrogens with one attached hydrogen (secondary N) is 1. The van der Waals surface area contributed by atoms with E-state index in [-0.39, 0.29) is 0 Å². The molecule has 3 aromatic rings. The lowest BCUT2D eigenvalue weighted by Gasteiger charge is -2.13. The minimum absolute atomic E-state index is 0.479. The summed E-state index contributed by atoms with van der Waals surface area (Å²) in [5.41, 5.74) is 1.37. The summed E-state index contributed by atoms with van der Waals surface area (Å²) < 4.78 is 38.3. The summed E-state index contributed by atoms with van der Waals surface area (Å²) in [6.45, 7) is 0.161. The molecule has 0 bridgehead atoms. The van der Waals surface area contributed by atoms with Gasteiger partial charge in [0.1, 0.15) is 17.9 Å². The monoisotopic (exact) mass is 381 g/mol. The number of rotatable bonds is 5. The number of amides is 1. The van der Waals surface area contributed by atoms with Crippen molar-refractivity contribution in [2.75, 3.05) is 6.54 Å². The Labute approximate surface area is 150 Å². The normalized spacial score (nSPS) is 12.9. The third kappa shape index (κ3) is 4.13. The number of nitrogens with zero attached hydrogens (tertiary/aromatic N) is 4.